The third-order valence-electron chi connectivity index (χ3n) is 9.22. The number of thiazole rings is 1. The molecule has 0 aliphatic heterocycles. The summed E-state index contributed by atoms with van der Waals surface area (Å²) in [7, 11) is 2.88. The Morgan fingerprint density at radius 2 is 1.92 bits per heavy atom. The second-order valence-electron chi connectivity index (χ2n) is 12.2. The van der Waals surface area contributed by atoms with E-state index in [1.807, 2.05) is 0 Å². The number of primary amides is 1. The number of hydrogen-bond donors (Lipinski definition) is 7. The average Bonchev–Trinajstić information content (AvgIpc) is 3.46. The predicted octanol–water partition coefficient (Wildman–Crippen LogP) is 1.68. The molecule has 3 aliphatic carbocycles. The summed E-state index contributed by atoms with van der Waals surface area (Å²) in [6.45, 7) is 0. The molecule has 10 N–H and O–H groups in total. The third-order valence-corrected chi connectivity index (χ3v) is 9.98. The maximum atomic E-state index is 14.5. The van der Waals surface area contributed by atoms with Gasteiger partial charge in [-0.1, -0.05) is 18.2 Å². The van der Waals surface area contributed by atoms with Crippen molar-refractivity contribution < 1.29 is 34.6 Å². The summed E-state index contributed by atoms with van der Waals surface area (Å²) in [6.07, 6.45) is -0.666. The van der Waals surface area contributed by atoms with E-state index in [4.69, 9.17) is 17.2 Å². The summed E-state index contributed by atoms with van der Waals surface area (Å²) < 4.78 is 0. The number of amides is 1. The first-order chi connectivity index (χ1) is 22.5. The summed E-state index contributed by atoms with van der Waals surface area (Å²) in [5.74, 6) is -6.15. The van der Waals surface area contributed by atoms with Gasteiger partial charge in [0, 0.05) is 23.1 Å². The molecule has 6 rings (SSSR count). The Morgan fingerprint density at radius 1 is 1.21 bits per heavy atom. The topological polar surface area (TPSA) is 285 Å². The molecule has 3 aromatic rings. The molecule has 48 heavy (non-hydrogen) atoms. The fraction of sp³-hybridized carbons (Fsp3) is 0.258. The van der Waals surface area contributed by atoms with Crippen LogP contribution in [0.2, 0.25) is 0 Å². The van der Waals surface area contributed by atoms with Crippen LogP contribution in [0.15, 0.2) is 58.7 Å². The molecule has 0 unspecified atom stereocenters. The minimum absolute atomic E-state index is 0.0616. The maximum Gasteiger partial charge on any atom is 0.270 e. The number of nitrogens with zero attached hydrogens (tertiary/aromatic N) is 4. The van der Waals surface area contributed by atoms with Gasteiger partial charge in [-0.25, -0.2) is 4.98 Å². The summed E-state index contributed by atoms with van der Waals surface area (Å²) in [5.41, 5.74) is 11.8. The highest BCUT2D eigenvalue weighted by atomic mass is 32.1. The van der Waals surface area contributed by atoms with E-state index in [-0.39, 0.29) is 28.5 Å². The highest BCUT2D eigenvalue weighted by Gasteiger charge is 2.74. The number of carbonyl (C=O) groups excluding carboxylic acids is 3. The number of rotatable bonds is 6. The highest BCUT2D eigenvalue weighted by molar-refractivity contribution is 7.14. The number of phenolic OH excluding ortho intramolecular Hbond substituents is 1. The van der Waals surface area contributed by atoms with E-state index in [2.05, 4.69) is 10.3 Å². The molecule has 2 aromatic carbocycles. The van der Waals surface area contributed by atoms with Crippen molar-refractivity contribution in [2.45, 2.75) is 30.0 Å². The van der Waals surface area contributed by atoms with Gasteiger partial charge >= 0.3 is 0 Å². The number of hydrogen-bond acceptors (Lipinski definition) is 15. The van der Waals surface area contributed by atoms with Crippen molar-refractivity contribution in [1.29, 1.82) is 5.26 Å². The van der Waals surface area contributed by atoms with Crippen molar-refractivity contribution in [3.63, 3.8) is 0 Å². The van der Waals surface area contributed by atoms with E-state index >= 15 is 0 Å². The number of aromatic nitrogens is 1. The predicted molar refractivity (Wildman–Crippen MR) is 172 cm³/mol. The Hall–Kier alpha value is -5.67. The second-order valence-corrected chi connectivity index (χ2v) is 13.1. The molecule has 0 radical (unpaired) electrons. The number of benzene rings is 2. The SMILES string of the molecule is CN(C)[C@@H]1C(=O)C(C(N)=O)=C(O)[C@@]2(C#N)C(=O)C3=C(O)c4c(ccc(Nc5nc(-c6cccc([N+](=O)[O-])c6)cs5)c4O)C[C@@]3(N)C[C@@]12N. The molecule has 1 fully saturated rings. The number of Topliss-reactive ketones (excluding diaryl/α,β-unsaturated/α-hetero) is 2. The lowest BCUT2D eigenvalue weighted by Gasteiger charge is -2.58. The number of fused-ring (bicyclic) bond motifs is 3. The van der Waals surface area contributed by atoms with Gasteiger partial charge in [-0.05, 0) is 38.6 Å². The molecule has 0 saturated heterocycles. The number of nitro groups is 1. The molecule has 1 amide bonds. The van der Waals surface area contributed by atoms with Crippen molar-refractivity contribution in [1.82, 2.24) is 9.88 Å². The smallest absolute Gasteiger partial charge is 0.270 e. The van der Waals surface area contributed by atoms with Crippen molar-refractivity contribution in [2.24, 2.45) is 22.6 Å². The zero-order chi connectivity index (χ0) is 35.1. The van der Waals surface area contributed by atoms with E-state index in [9.17, 15) is 45.1 Å². The van der Waals surface area contributed by atoms with Crippen LogP contribution in [0.3, 0.4) is 0 Å². The van der Waals surface area contributed by atoms with E-state index in [0.717, 1.165) is 11.3 Å². The minimum Gasteiger partial charge on any atom is -0.509 e. The maximum absolute atomic E-state index is 14.5. The largest absolute Gasteiger partial charge is 0.509 e. The molecule has 0 spiro atoms. The van der Waals surface area contributed by atoms with Crippen LogP contribution in [0.4, 0.5) is 16.5 Å². The van der Waals surface area contributed by atoms with Crippen LogP contribution in [0.1, 0.15) is 17.5 Å². The molecule has 4 atom stereocenters. The number of ketones is 2. The first-order valence-corrected chi connectivity index (χ1v) is 15.1. The van der Waals surface area contributed by atoms with Crippen molar-refractivity contribution >= 4 is 51.1 Å². The van der Waals surface area contributed by atoms with E-state index in [1.54, 1.807) is 23.6 Å². The van der Waals surface area contributed by atoms with Gasteiger partial charge in [0.15, 0.2) is 22.1 Å². The van der Waals surface area contributed by atoms with Crippen LogP contribution in [-0.4, -0.2) is 78.8 Å². The zero-order valence-electron chi connectivity index (χ0n) is 25.3. The van der Waals surface area contributed by atoms with Crippen LogP contribution < -0.4 is 22.5 Å². The fourth-order valence-electron chi connectivity index (χ4n) is 7.28. The summed E-state index contributed by atoms with van der Waals surface area (Å²) in [6, 6.07) is 9.17. The molecule has 17 heteroatoms. The van der Waals surface area contributed by atoms with Gasteiger partial charge in [0.1, 0.15) is 22.8 Å². The molecule has 1 aromatic heterocycles. The number of nitrogens with one attached hydrogen (secondary N) is 1. The number of nitrogens with two attached hydrogens (primary N) is 3. The molecule has 246 valence electrons. The van der Waals surface area contributed by atoms with Crippen LogP contribution in [0, 0.1) is 26.9 Å². The number of aliphatic hydroxyl groups is 2. The van der Waals surface area contributed by atoms with Gasteiger partial charge in [0.2, 0.25) is 0 Å². The number of likely N-dealkylation sites (N-methyl/N-ethyl adjacent to an activating group) is 1. The van der Waals surface area contributed by atoms with Crippen LogP contribution >= 0.6 is 11.3 Å². The molecular formula is C31H28N8O8S. The van der Waals surface area contributed by atoms with E-state index in [1.165, 1.54) is 43.3 Å². The van der Waals surface area contributed by atoms with Crippen molar-refractivity contribution in [2.75, 3.05) is 19.4 Å². The lowest BCUT2D eigenvalue weighted by Crippen LogP contribution is -2.80. The third kappa shape index (κ3) is 4.24. The number of aromatic hydroxyl groups is 1. The Kier molecular flexibility index (Phi) is 7.18. The minimum atomic E-state index is -2.76. The lowest BCUT2D eigenvalue weighted by molar-refractivity contribution is -0.384. The molecule has 1 heterocycles. The van der Waals surface area contributed by atoms with Gasteiger partial charge in [-0.15, -0.1) is 11.3 Å². The number of nitriles is 1. The number of non-ortho nitro benzene ring substituents is 1. The monoisotopic (exact) mass is 672 g/mol. The first-order valence-electron chi connectivity index (χ1n) is 14.3. The second kappa shape index (κ2) is 10.7. The van der Waals surface area contributed by atoms with E-state index < -0.39 is 79.8 Å². The average molecular weight is 673 g/mol. The van der Waals surface area contributed by atoms with Gasteiger partial charge in [0.05, 0.1) is 50.6 Å². The number of aliphatic hydroxyl groups excluding tert-OH is 2. The Bertz CT molecular complexity index is 2100. The van der Waals surface area contributed by atoms with Gasteiger partial charge in [-0.3, -0.25) is 29.4 Å². The van der Waals surface area contributed by atoms with Gasteiger partial charge in [-0.2, -0.15) is 5.26 Å². The highest BCUT2D eigenvalue weighted by Crippen LogP contribution is 2.58. The molecular weight excluding hydrogens is 644 g/mol. The number of nitro benzene ring substituents is 1. The Morgan fingerprint density at radius 3 is 2.54 bits per heavy atom. The van der Waals surface area contributed by atoms with Crippen LogP contribution in [0.25, 0.3) is 17.0 Å². The van der Waals surface area contributed by atoms with Crippen LogP contribution in [0.5, 0.6) is 5.75 Å². The molecule has 3 aliphatic rings. The number of anilines is 2. The van der Waals surface area contributed by atoms with Crippen molar-refractivity contribution in [3.05, 3.63) is 79.9 Å². The van der Waals surface area contributed by atoms with Gasteiger partial charge in [0.25, 0.3) is 11.6 Å². The molecule has 1 saturated carbocycles. The Balaban J connectivity index is 1.46. The number of phenols is 1. The van der Waals surface area contributed by atoms with Crippen molar-refractivity contribution in [3.8, 4) is 23.1 Å². The van der Waals surface area contributed by atoms with Gasteiger partial charge < -0.3 is 37.8 Å². The summed E-state index contributed by atoms with van der Waals surface area (Å²) in [5, 5.41) is 61.0. The quantitative estimate of drug-likeness (QED) is 0.0849. The number of carbonyl (C=O) groups is 3. The Labute approximate surface area is 275 Å². The summed E-state index contributed by atoms with van der Waals surface area (Å²) in [4.78, 5) is 56.8. The standard InChI is InChI=1S/C31H28N8O8S/c1-38(2)24-23(42)19(27(33)45)25(43)30(12-32)26(44)20-22(41)18-14(9-29(20,34)11-31(24,30)35)6-7-16(21(18)40)36-28-37-17(10-48-28)13-4-3-5-15(8-13)39(46)47/h3-8,10,24,40-41,43H,9,11,34-35H2,1-2H3,(H2,33,45)(H,36,37)/t24-,29-,30+,31-/m1/s1. The normalized spacial score (nSPS) is 26.5. The summed E-state index contributed by atoms with van der Waals surface area (Å²) >= 11 is 1.13. The fourth-order valence-corrected chi connectivity index (χ4v) is 8.01. The van der Waals surface area contributed by atoms with E-state index in [0.29, 0.717) is 16.8 Å². The first kappa shape index (κ1) is 32.3. The lowest BCUT2D eigenvalue weighted by atomic mass is 9.47. The molecule has 0 bridgehead atoms. The van der Waals surface area contributed by atoms with Crippen LogP contribution in [-0.2, 0) is 20.8 Å². The molecule has 16 nitrogen and oxygen atoms in total. The zero-order valence-corrected chi connectivity index (χ0v) is 26.2.